The largest absolute Gasteiger partial charge is 0.491 e. The van der Waals surface area contributed by atoms with Crippen LogP contribution in [0.1, 0.15) is 38.2 Å². The lowest BCUT2D eigenvalue weighted by molar-refractivity contribution is 0.0946. The second-order valence-corrected chi connectivity index (χ2v) is 9.91. The number of aryl methyl sites for hydroxylation is 5. The van der Waals surface area contributed by atoms with Gasteiger partial charge in [0.05, 0.1) is 11.4 Å². The molecular weight excluding hydrogens is 436 g/mol. The Balaban J connectivity index is 1.66. The number of hydrogen-bond donors (Lipinski definition) is 2. The molecule has 3 rings (SSSR count). The topological polar surface area (TPSA) is 84.5 Å². The maximum atomic E-state index is 13.0. The summed E-state index contributed by atoms with van der Waals surface area (Å²) in [6, 6.07) is 15.9. The number of sulfonamides is 1. The van der Waals surface area contributed by atoms with Gasteiger partial charge in [0.1, 0.15) is 12.4 Å². The van der Waals surface area contributed by atoms with Crippen LogP contribution in [0.4, 0.5) is 5.69 Å². The average Bonchev–Trinajstić information content (AvgIpc) is 2.75. The molecule has 3 aromatic rings. The van der Waals surface area contributed by atoms with Crippen molar-refractivity contribution in [3.8, 4) is 5.75 Å². The number of benzene rings is 3. The van der Waals surface area contributed by atoms with Crippen molar-refractivity contribution >= 4 is 21.6 Å². The molecule has 0 aromatic heterocycles. The normalized spacial score (nSPS) is 11.2. The summed E-state index contributed by atoms with van der Waals surface area (Å²) in [5.41, 5.74) is 5.57. The van der Waals surface area contributed by atoms with Crippen LogP contribution < -0.4 is 14.8 Å². The number of carbonyl (C=O) groups excluding carboxylic acids is 1. The molecule has 1 amide bonds. The van der Waals surface area contributed by atoms with Gasteiger partial charge in [-0.15, -0.1) is 0 Å². The number of hydrogen-bond acceptors (Lipinski definition) is 4. The fourth-order valence-corrected chi connectivity index (χ4v) is 4.76. The molecule has 0 saturated carbocycles. The van der Waals surface area contributed by atoms with Crippen molar-refractivity contribution in [3.05, 3.63) is 88.0 Å². The van der Waals surface area contributed by atoms with Gasteiger partial charge in [-0.25, -0.2) is 8.42 Å². The van der Waals surface area contributed by atoms with Gasteiger partial charge in [-0.1, -0.05) is 29.8 Å². The van der Waals surface area contributed by atoms with E-state index in [0.29, 0.717) is 24.4 Å². The van der Waals surface area contributed by atoms with Crippen molar-refractivity contribution in [2.45, 2.75) is 39.5 Å². The van der Waals surface area contributed by atoms with E-state index >= 15 is 0 Å². The Hall–Kier alpha value is -3.32. The third kappa shape index (κ3) is 6.14. The van der Waals surface area contributed by atoms with Gasteiger partial charge in [0.25, 0.3) is 15.9 Å². The van der Waals surface area contributed by atoms with Crippen LogP contribution in [0.3, 0.4) is 0 Å². The Morgan fingerprint density at radius 2 is 1.55 bits per heavy atom. The lowest BCUT2D eigenvalue weighted by atomic mass is 10.1. The monoisotopic (exact) mass is 466 g/mol. The average molecular weight is 467 g/mol. The minimum Gasteiger partial charge on any atom is -0.491 e. The second-order valence-electron chi connectivity index (χ2n) is 8.26. The number of ether oxygens (including phenoxy) is 1. The summed E-state index contributed by atoms with van der Waals surface area (Å²) in [5.74, 6) is 0.415. The second kappa shape index (κ2) is 10.1. The molecule has 0 fully saturated rings. The molecule has 7 heteroatoms. The molecule has 0 unspecified atom stereocenters. The number of nitrogens with one attached hydrogen (secondary N) is 2. The summed E-state index contributed by atoms with van der Waals surface area (Å²) >= 11 is 0. The number of amides is 1. The maximum Gasteiger partial charge on any atom is 0.262 e. The van der Waals surface area contributed by atoms with Crippen LogP contribution >= 0.6 is 0 Å². The van der Waals surface area contributed by atoms with E-state index in [9.17, 15) is 13.2 Å². The molecule has 174 valence electrons. The quantitative estimate of drug-likeness (QED) is 0.465. The summed E-state index contributed by atoms with van der Waals surface area (Å²) in [6.07, 6.45) is 0. The van der Waals surface area contributed by atoms with E-state index in [1.165, 1.54) is 6.07 Å². The highest BCUT2D eigenvalue weighted by molar-refractivity contribution is 7.92. The summed E-state index contributed by atoms with van der Waals surface area (Å²) in [4.78, 5) is 12.7. The van der Waals surface area contributed by atoms with Crippen molar-refractivity contribution < 1.29 is 17.9 Å². The van der Waals surface area contributed by atoms with E-state index in [2.05, 4.69) is 10.0 Å². The van der Waals surface area contributed by atoms with Crippen LogP contribution in [0.2, 0.25) is 0 Å². The highest BCUT2D eigenvalue weighted by Crippen LogP contribution is 2.23. The molecule has 0 heterocycles. The Bertz CT molecular complexity index is 1280. The molecule has 0 aliphatic rings. The minimum atomic E-state index is -3.85. The van der Waals surface area contributed by atoms with Crippen LogP contribution in [-0.4, -0.2) is 27.5 Å². The third-order valence-corrected chi connectivity index (χ3v) is 7.00. The zero-order chi connectivity index (χ0) is 24.2. The van der Waals surface area contributed by atoms with E-state index in [-0.39, 0.29) is 16.4 Å². The van der Waals surface area contributed by atoms with E-state index in [1.54, 1.807) is 31.2 Å². The Morgan fingerprint density at radius 1 is 0.818 bits per heavy atom. The molecule has 33 heavy (non-hydrogen) atoms. The first-order valence-corrected chi connectivity index (χ1v) is 12.2. The van der Waals surface area contributed by atoms with Crippen molar-refractivity contribution in [2.75, 3.05) is 17.9 Å². The lowest BCUT2D eigenvalue weighted by Gasteiger charge is -2.13. The fourth-order valence-electron chi connectivity index (χ4n) is 3.43. The van der Waals surface area contributed by atoms with Crippen molar-refractivity contribution in [1.82, 2.24) is 5.32 Å². The maximum absolute atomic E-state index is 13.0. The van der Waals surface area contributed by atoms with Gasteiger partial charge in [0.15, 0.2) is 0 Å². The third-order valence-electron chi connectivity index (χ3n) is 5.47. The van der Waals surface area contributed by atoms with E-state index in [1.807, 2.05) is 52.0 Å². The first kappa shape index (κ1) is 24.3. The van der Waals surface area contributed by atoms with E-state index in [4.69, 9.17) is 4.74 Å². The Morgan fingerprint density at radius 3 is 2.24 bits per heavy atom. The molecule has 0 saturated heterocycles. The molecule has 6 nitrogen and oxygen atoms in total. The molecule has 0 radical (unpaired) electrons. The standard InChI is InChI=1S/C26H30N2O4S/c1-17-6-11-24(21(5)14-17)32-13-12-27-26(29)22-9-7-19(3)25(16-22)33(30,31)28-23-10-8-18(2)20(4)15-23/h6-11,14-16,28H,12-13H2,1-5H3,(H,27,29). The van der Waals surface area contributed by atoms with Crippen molar-refractivity contribution in [2.24, 2.45) is 0 Å². The zero-order valence-corrected chi connectivity index (χ0v) is 20.5. The van der Waals surface area contributed by atoms with Crippen molar-refractivity contribution in [3.63, 3.8) is 0 Å². The SMILES string of the molecule is Cc1ccc(OCCNC(=O)c2ccc(C)c(S(=O)(=O)Nc3ccc(C)c(C)c3)c2)c(C)c1. The van der Waals surface area contributed by atoms with Crippen molar-refractivity contribution in [1.29, 1.82) is 0 Å². The first-order valence-electron chi connectivity index (χ1n) is 10.8. The van der Waals surface area contributed by atoms with Gasteiger partial charge in [0.2, 0.25) is 0 Å². The van der Waals surface area contributed by atoms with Gasteiger partial charge >= 0.3 is 0 Å². The van der Waals surface area contributed by atoms with E-state index in [0.717, 1.165) is 28.0 Å². The molecule has 2 N–H and O–H groups in total. The van der Waals surface area contributed by atoms with Gasteiger partial charge in [-0.2, -0.15) is 0 Å². The van der Waals surface area contributed by atoms with Crippen LogP contribution in [0.25, 0.3) is 0 Å². The predicted molar refractivity (Wildman–Crippen MR) is 132 cm³/mol. The molecule has 0 bridgehead atoms. The fraction of sp³-hybridized carbons (Fsp3) is 0.269. The lowest BCUT2D eigenvalue weighted by Crippen LogP contribution is -2.28. The molecule has 0 aliphatic heterocycles. The number of carbonyl (C=O) groups is 1. The van der Waals surface area contributed by atoms with Gasteiger partial charge in [0, 0.05) is 11.3 Å². The Kier molecular flexibility index (Phi) is 7.43. The van der Waals surface area contributed by atoms with Gasteiger partial charge in [-0.3, -0.25) is 9.52 Å². The summed E-state index contributed by atoms with van der Waals surface area (Å²) in [6.45, 7) is 10.2. The zero-order valence-electron chi connectivity index (χ0n) is 19.7. The van der Waals surface area contributed by atoms with Crippen LogP contribution in [0.15, 0.2) is 59.5 Å². The molecule has 3 aromatic carbocycles. The predicted octanol–water partition coefficient (Wildman–Crippen LogP) is 4.84. The van der Waals surface area contributed by atoms with Gasteiger partial charge in [-0.05, 0) is 87.2 Å². The summed E-state index contributed by atoms with van der Waals surface area (Å²) < 4.78 is 34.4. The highest BCUT2D eigenvalue weighted by Gasteiger charge is 2.19. The van der Waals surface area contributed by atoms with Crippen LogP contribution in [-0.2, 0) is 10.0 Å². The Labute approximate surface area is 196 Å². The number of rotatable bonds is 8. The molecule has 0 spiro atoms. The van der Waals surface area contributed by atoms with Gasteiger partial charge < -0.3 is 10.1 Å². The molecular formula is C26H30N2O4S. The smallest absolute Gasteiger partial charge is 0.262 e. The summed E-state index contributed by atoms with van der Waals surface area (Å²) in [5, 5.41) is 2.78. The number of anilines is 1. The van der Waals surface area contributed by atoms with E-state index < -0.39 is 10.0 Å². The molecule has 0 aliphatic carbocycles. The first-order chi connectivity index (χ1) is 15.6. The molecule has 0 atom stereocenters. The van der Waals surface area contributed by atoms with Crippen LogP contribution in [0, 0.1) is 34.6 Å². The van der Waals surface area contributed by atoms with Crippen LogP contribution in [0.5, 0.6) is 5.75 Å². The highest BCUT2D eigenvalue weighted by atomic mass is 32.2. The minimum absolute atomic E-state index is 0.0694. The summed E-state index contributed by atoms with van der Waals surface area (Å²) in [7, 11) is -3.85.